The number of aromatic nitrogens is 2. The van der Waals surface area contributed by atoms with Gasteiger partial charge in [-0.3, -0.25) is 14.8 Å². The average molecular weight is 306 g/mol. The van der Waals surface area contributed by atoms with E-state index in [0.717, 1.165) is 10.9 Å². The van der Waals surface area contributed by atoms with Crippen molar-refractivity contribution in [1.82, 2.24) is 9.78 Å². The topological polar surface area (TPSA) is 82.7 Å². The van der Waals surface area contributed by atoms with E-state index >= 15 is 0 Å². The molecule has 1 saturated heterocycles. The van der Waals surface area contributed by atoms with E-state index in [2.05, 4.69) is 5.10 Å². The van der Waals surface area contributed by atoms with Crippen LogP contribution in [0.1, 0.15) is 0 Å². The number of ether oxygens (including phenoxy) is 2. The van der Waals surface area contributed by atoms with Crippen LogP contribution >= 0.6 is 0 Å². The highest BCUT2D eigenvalue weighted by molar-refractivity contribution is 5.87. The van der Waals surface area contributed by atoms with Gasteiger partial charge in [-0.1, -0.05) is 0 Å². The zero-order valence-electron chi connectivity index (χ0n) is 12.4. The van der Waals surface area contributed by atoms with E-state index < -0.39 is 0 Å². The molecule has 0 bridgehead atoms. The minimum absolute atomic E-state index is 0.112. The molecular weight excluding hydrogens is 288 g/mol. The number of nitrogens with zero attached hydrogens (tertiary/aromatic N) is 4. The van der Waals surface area contributed by atoms with Crippen LogP contribution in [0.15, 0.2) is 18.3 Å². The van der Waals surface area contributed by atoms with Crippen LogP contribution in [0, 0.1) is 10.1 Å². The molecule has 1 aliphatic rings. The maximum atomic E-state index is 11.4. The molecule has 1 fully saturated rings. The van der Waals surface area contributed by atoms with Crippen molar-refractivity contribution in [3.8, 4) is 0 Å². The summed E-state index contributed by atoms with van der Waals surface area (Å²) in [5.74, 6) is 0. The lowest BCUT2D eigenvalue weighted by atomic mass is 10.2. The Balaban J connectivity index is 2.01. The van der Waals surface area contributed by atoms with Gasteiger partial charge in [0.25, 0.3) is 5.69 Å². The van der Waals surface area contributed by atoms with Crippen LogP contribution in [0.3, 0.4) is 0 Å². The molecule has 0 N–H and O–H groups in total. The summed E-state index contributed by atoms with van der Waals surface area (Å²) in [5.41, 5.74) is 1.47. The second-order valence-electron chi connectivity index (χ2n) is 5.14. The Morgan fingerprint density at radius 2 is 2.18 bits per heavy atom. The molecule has 1 aliphatic heterocycles. The molecule has 1 aromatic carbocycles. The van der Waals surface area contributed by atoms with Gasteiger partial charge in [0.05, 0.1) is 36.8 Å². The van der Waals surface area contributed by atoms with E-state index in [9.17, 15) is 10.1 Å². The summed E-state index contributed by atoms with van der Waals surface area (Å²) in [5, 5.41) is 16.6. The fourth-order valence-corrected chi connectivity index (χ4v) is 2.60. The number of nitro benzene ring substituents is 1. The zero-order chi connectivity index (χ0) is 15.5. The fraction of sp³-hybridized carbons (Fsp3) is 0.500. The lowest BCUT2D eigenvalue weighted by molar-refractivity contribution is -0.384. The molecule has 1 aromatic heterocycles. The number of nitro groups is 1. The number of fused-ring (bicyclic) bond motifs is 1. The Labute approximate surface area is 127 Å². The molecule has 0 unspecified atom stereocenters. The number of benzene rings is 1. The number of hydrogen-bond donors (Lipinski definition) is 0. The van der Waals surface area contributed by atoms with E-state index in [-0.39, 0.29) is 10.6 Å². The molecule has 0 saturated carbocycles. The zero-order valence-corrected chi connectivity index (χ0v) is 12.4. The second-order valence-corrected chi connectivity index (χ2v) is 5.14. The van der Waals surface area contributed by atoms with Crippen molar-refractivity contribution >= 4 is 22.3 Å². The van der Waals surface area contributed by atoms with Crippen molar-refractivity contribution in [2.45, 2.75) is 6.54 Å². The lowest BCUT2D eigenvalue weighted by Crippen LogP contribution is -2.36. The van der Waals surface area contributed by atoms with E-state index in [0.29, 0.717) is 45.1 Å². The fourth-order valence-electron chi connectivity index (χ4n) is 2.60. The predicted octanol–water partition coefficient (Wildman–Crippen LogP) is 1.43. The SMILES string of the molecule is COCCn1cc2cc([N+](=O)[O-])c(N3CCOCC3)cc2n1. The first-order chi connectivity index (χ1) is 10.7. The van der Waals surface area contributed by atoms with Crippen molar-refractivity contribution in [3.05, 3.63) is 28.4 Å². The normalized spacial score (nSPS) is 15.4. The van der Waals surface area contributed by atoms with Gasteiger partial charge in [0.15, 0.2) is 0 Å². The van der Waals surface area contributed by atoms with Gasteiger partial charge in [-0.25, -0.2) is 0 Å². The first-order valence-corrected chi connectivity index (χ1v) is 7.16. The molecule has 8 nitrogen and oxygen atoms in total. The smallest absolute Gasteiger partial charge is 0.293 e. The lowest BCUT2D eigenvalue weighted by Gasteiger charge is -2.28. The number of rotatable bonds is 5. The summed E-state index contributed by atoms with van der Waals surface area (Å²) in [6, 6.07) is 3.39. The monoisotopic (exact) mass is 306 g/mol. The van der Waals surface area contributed by atoms with Crippen LogP contribution in [-0.4, -0.2) is 54.7 Å². The van der Waals surface area contributed by atoms with Crippen LogP contribution in [0.2, 0.25) is 0 Å². The van der Waals surface area contributed by atoms with E-state index in [4.69, 9.17) is 9.47 Å². The third-order valence-electron chi connectivity index (χ3n) is 3.72. The second kappa shape index (κ2) is 6.29. The van der Waals surface area contributed by atoms with Crippen LogP contribution in [0.5, 0.6) is 0 Å². The molecule has 2 heterocycles. The predicted molar refractivity (Wildman–Crippen MR) is 81.3 cm³/mol. The van der Waals surface area contributed by atoms with Crippen molar-refractivity contribution < 1.29 is 14.4 Å². The van der Waals surface area contributed by atoms with Gasteiger partial charge in [0.2, 0.25) is 0 Å². The third kappa shape index (κ3) is 2.88. The van der Waals surface area contributed by atoms with Gasteiger partial charge in [0, 0.05) is 37.8 Å². The van der Waals surface area contributed by atoms with Gasteiger partial charge in [-0.2, -0.15) is 5.10 Å². The van der Waals surface area contributed by atoms with Gasteiger partial charge >= 0.3 is 0 Å². The summed E-state index contributed by atoms with van der Waals surface area (Å²) < 4.78 is 12.1. The Kier molecular flexibility index (Phi) is 4.21. The molecule has 118 valence electrons. The van der Waals surface area contributed by atoms with E-state index in [1.807, 2.05) is 11.1 Å². The highest BCUT2D eigenvalue weighted by Crippen LogP contribution is 2.33. The molecule has 0 amide bonds. The maximum Gasteiger partial charge on any atom is 0.293 e. The summed E-state index contributed by atoms with van der Waals surface area (Å²) in [4.78, 5) is 13.0. The summed E-state index contributed by atoms with van der Waals surface area (Å²) in [6.45, 7) is 3.63. The molecule has 0 atom stereocenters. The van der Waals surface area contributed by atoms with Crippen LogP contribution in [-0.2, 0) is 16.0 Å². The molecule has 2 aromatic rings. The Morgan fingerprint density at radius 1 is 1.41 bits per heavy atom. The molecule has 8 heteroatoms. The molecule has 3 rings (SSSR count). The van der Waals surface area contributed by atoms with Crippen molar-refractivity contribution in [1.29, 1.82) is 0 Å². The number of morpholine rings is 1. The minimum atomic E-state index is -0.337. The van der Waals surface area contributed by atoms with Gasteiger partial charge in [-0.15, -0.1) is 0 Å². The van der Waals surface area contributed by atoms with Crippen LogP contribution in [0.4, 0.5) is 11.4 Å². The first kappa shape index (κ1) is 14.7. The van der Waals surface area contributed by atoms with Gasteiger partial charge < -0.3 is 14.4 Å². The quantitative estimate of drug-likeness (QED) is 0.614. The van der Waals surface area contributed by atoms with Crippen LogP contribution < -0.4 is 4.90 Å². The Hall–Kier alpha value is -2.19. The first-order valence-electron chi connectivity index (χ1n) is 7.16. The average Bonchev–Trinajstić information content (AvgIpc) is 2.94. The van der Waals surface area contributed by atoms with Crippen molar-refractivity contribution in [3.63, 3.8) is 0 Å². The Bertz CT molecular complexity index is 679. The molecule has 22 heavy (non-hydrogen) atoms. The highest BCUT2D eigenvalue weighted by atomic mass is 16.6. The number of methoxy groups -OCH3 is 1. The summed E-state index contributed by atoms with van der Waals surface area (Å²) in [7, 11) is 1.63. The van der Waals surface area contributed by atoms with Gasteiger partial charge in [-0.05, 0) is 6.07 Å². The molecule has 0 radical (unpaired) electrons. The van der Waals surface area contributed by atoms with Crippen molar-refractivity contribution in [2.24, 2.45) is 0 Å². The highest BCUT2D eigenvalue weighted by Gasteiger charge is 2.23. The third-order valence-corrected chi connectivity index (χ3v) is 3.72. The standard InChI is InChI=1S/C14H18N4O4/c1-21-5-4-17-10-11-8-14(18(19)20)13(9-12(11)15-17)16-2-6-22-7-3-16/h8-10H,2-7H2,1H3. The van der Waals surface area contributed by atoms with E-state index in [1.165, 1.54) is 0 Å². The summed E-state index contributed by atoms with van der Waals surface area (Å²) in [6.07, 6.45) is 1.81. The Morgan fingerprint density at radius 3 is 2.86 bits per heavy atom. The summed E-state index contributed by atoms with van der Waals surface area (Å²) >= 11 is 0. The maximum absolute atomic E-state index is 11.4. The number of hydrogen-bond acceptors (Lipinski definition) is 6. The number of anilines is 1. The molecular formula is C14H18N4O4. The largest absolute Gasteiger partial charge is 0.383 e. The van der Waals surface area contributed by atoms with E-state index in [1.54, 1.807) is 23.9 Å². The molecule has 0 aliphatic carbocycles. The van der Waals surface area contributed by atoms with Crippen molar-refractivity contribution in [2.75, 3.05) is 44.9 Å². The van der Waals surface area contributed by atoms with Gasteiger partial charge in [0.1, 0.15) is 5.69 Å². The minimum Gasteiger partial charge on any atom is -0.383 e. The van der Waals surface area contributed by atoms with Crippen LogP contribution in [0.25, 0.3) is 10.9 Å². The molecule has 0 spiro atoms.